The molecular weight excluding hydrogens is 484 g/mol. The first-order chi connectivity index (χ1) is 17.9. The molecule has 0 saturated heterocycles. The van der Waals surface area contributed by atoms with Crippen LogP contribution in [0.3, 0.4) is 0 Å². The van der Waals surface area contributed by atoms with E-state index in [1.807, 2.05) is 73.7 Å². The van der Waals surface area contributed by atoms with Crippen LogP contribution >= 0.6 is 11.3 Å². The predicted molar refractivity (Wildman–Crippen MR) is 145 cm³/mol. The number of nitrogens with zero attached hydrogens (tertiary/aromatic N) is 2. The third kappa shape index (κ3) is 4.74. The van der Waals surface area contributed by atoms with Gasteiger partial charge in [0.05, 0.1) is 28.5 Å². The predicted octanol–water partition coefficient (Wildman–Crippen LogP) is 4.96. The lowest BCUT2D eigenvalue weighted by Crippen LogP contribution is -2.40. The summed E-state index contributed by atoms with van der Waals surface area (Å²) in [4.78, 5) is 32.7. The number of thiazole rings is 1. The van der Waals surface area contributed by atoms with Crippen LogP contribution in [0.15, 0.2) is 86.5 Å². The number of hydrogen-bond donors (Lipinski definition) is 0. The number of carbonyl (C=O) groups excluding carboxylic acids is 1. The minimum atomic E-state index is -0.688. The topological polar surface area (TPSA) is 73.8 Å². The number of furan rings is 1. The van der Waals surface area contributed by atoms with Gasteiger partial charge in [0.1, 0.15) is 11.5 Å². The molecule has 5 rings (SSSR count). The average molecular weight is 513 g/mol. The van der Waals surface area contributed by atoms with Crippen molar-refractivity contribution in [1.29, 1.82) is 0 Å². The maximum Gasteiger partial charge on any atom is 0.338 e. The summed E-state index contributed by atoms with van der Waals surface area (Å²) < 4.78 is 13.3. The van der Waals surface area contributed by atoms with Crippen LogP contribution in [0.5, 0.6) is 0 Å². The van der Waals surface area contributed by atoms with Gasteiger partial charge in [0.15, 0.2) is 4.80 Å². The molecule has 4 aromatic rings. The zero-order valence-corrected chi connectivity index (χ0v) is 22.0. The third-order valence-electron chi connectivity index (χ3n) is 6.33. The van der Waals surface area contributed by atoms with Crippen molar-refractivity contribution in [2.45, 2.75) is 39.7 Å². The molecule has 0 saturated carbocycles. The zero-order chi connectivity index (χ0) is 26.1. The number of benzene rings is 2. The van der Waals surface area contributed by atoms with E-state index in [-0.39, 0.29) is 12.2 Å². The van der Waals surface area contributed by atoms with Crippen molar-refractivity contribution in [2.75, 3.05) is 6.61 Å². The number of rotatable bonds is 6. The van der Waals surface area contributed by atoms with Gasteiger partial charge in [0.25, 0.3) is 5.56 Å². The molecule has 37 heavy (non-hydrogen) atoms. The Kier molecular flexibility index (Phi) is 6.80. The van der Waals surface area contributed by atoms with Gasteiger partial charge in [-0.3, -0.25) is 9.36 Å². The Bertz CT molecular complexity index is 1650. The lowest BCUT2D eigenvalue weighted by atomic mass is 9.91. The molecule has 1 aliphatic heterocycles. The molecular formula is C30H28N2O4S. The fourth-order valence-electron chi connectivity index (χ4n) is 4.48. The number of fused-ring (bicyclic) bond motifs is 1. The van der Waals surface area contributed by atoms with Crippen LogP contribution in [-0.2, 0) is 9.53 Å². The van der Waals surface area contributed by atoms with Gasteiger partial charge in [-0.2, -0.15) is 0 Å². The summed E-state index contributed by atoms with van der Waals surface area (Å²) in [5, 5.41) is 0. The monoisotopic (exact) mass is 512 g/mol. The Morgan fingerprint density at radius 3 is 2.46 bits per heavy atom. The molecule has 0 fully saturated rings. The van der Waals surface area contributed by atoms with Gasteiger partial charge in [-0.25, -0.2) is 9.79 Å². The lowest BCUT2D eigenvalue weighted by Gasteiger charge is -2.26. The Morgan fingerprint density at radius 1 is 1.11 bits per heavy atom. The molecule has 2 aromatic carbocycles. The van der Waals surface area contributed by atoms with Crippen LogP contribution < -0.4 is 14.9 Å². The molecule has 0 radical (unpaired) electrons. The second kappa shape index (κ2) is 10.2. The van der Waals surface area contributed by atoms with E-state index in [9.17, 15) is 9.59 Å². The molecule has 0 amide bonds. The highest BCUT2D eigenvalue weighted by Crippen LogP contribution is 2.35. The van der Waals surface area contributed by atoms with Gasteiger partial charge < -0.3 is 9.15 Å². The van der Waals surface area contributed by atoms with Crippen molar-refractivity contribution in [3.8, 4) is 0 Å². The van der Waals surface area contributed by atoms with E-state index in [1.165, 1.54) is 16.9 Å². The number of aryl methyl sites for hydroxylation is 1. The van der Waals surface area contributed by atoms with Crippen molar-refractivity contribution in [3.05, 3.63) is 120 Å². The minimum Gasteiger partial charge on any atom is -0.463 e. The van der Waals surface area contributed by atoms with Crippen LogP contribution in [0.2, 0.25) is 0 Å². The normalized spacial score (nSPS) is 15.6. The molecule has 6 nitrogen and oxygen atoms in total. The summed E-state index contributed by atoms with van der Waals surface area (Å²) in [6.45, 7) is 8.11. The van der Waals surface area contributed by atoms with Gasteiger partial charge in [-0.05, 0) is 43.0 Å². The highest BCUT2D eigenvalue weighted by atomic mass is 32.1. The van der Waals surface area contributed by atoms with Crippen molar-refractivity contribution in [1.82, 2.24) is 4.57 Å². The Labute approximate surface area is 218 Å². The van der Waals surface area contributed by atoms with Crippen molar-refractivity contribution >= 4 is 29.1 Å². The fourth-order valence-corrected chi connectivity index (χ4v) is 5.46. The molecule has 188 valence electrons. The van der Waals surface area contributed by atoms with E-state index in [1.54, 1.807) is 17.6 Å². The fraction of sp³-hybridized carbons (Fsp3) is 0.233. The van der Waals surface area contributed by atoms with Crippen molar-refractivity contribution in [3.63, 3.8) is 0 Å². The average Bonchev–Trinajstić information content (AvgIpc) is 3.45. The smallest absolute Gasteiger partial charge is 0.338 e. The molecule has 1 aliphatic rings. The number of aromatic nitrogens is 1. The van der Waals surface area contributed by atoms with Crippen LogP contribution in [-0.4, -0.2) is 17.1 Å². The first-order valence-electron chi connectivity index (χ1n) is 12.3. The summed E-state index contributed by atoms with van der Waals surface area (Å²) in [5.74, 6) is 1.22. The third-order valence-corrected chi connectivity index (χ3v) is 7.31. The maximum atomic E-state index is 13.8. The van der Waals surface area contributed by atoms with E-state index in [2.05, 4.69) is 13.8 Å². The van der Waals surface area contributed by atoms with E-state index < -0.39 is 12.0 Å². The molecule has 0 aliphatic carbocycles. The molecule has 0 bridgehead atoms. The Hall–Kier alpha value is -3.97. The number of carbonyl (C=O) groups is 1. The second-order valence-corrected chi connectivity index (χ2v) is 10.2. The van der Waals surface area contributed by atoms with Gasteiger partial charge >= 0.3 is 5.97 Å². The number of esters is 1. The van der Waals surface area contributed by atoms with Gasteiger partial charge in [0, 0.05) is 11.6 Å². The first-order valence-corrected chi connectivity index (χ1v) is 13.1. The molecule has 3 heterocycles. The molecule has 0 spiro atoms. The summed E-state index contributed by atoms with van der Waals surface area (Å²) in [6.07, 6.45) is 1.73. The van der Waals surface area contributed by atoms with Crippen LogP contribution in [0.25, 0.3) is 11.8 Å². The molecule has 7 heteroatoms. The van der Waals surface area contributed by atoms with Crippen LogP contribution in [0.1, 0.15) is 60.9 Å². The van der Waals surface area contributed by atoms with Crippen LogP contribution in [0.4, 0.5) is 0 Å². The summed E-state index contributed by atoms with van der Waals surface area (Å²) >= 11 is 1.28. The van der Waals surface area contributed by atoms with Gasteiger partial charge in [-0.15, -0.1) is 0 Å². The summed E-state index contributed by atoms with van der Waals surface area (Å²) in [5.41, 5.74) is 3.40. The minimum absolute atomic E-state index is 0.214. The van der Waals surface area contributed by atoms with E-state index in [0.29, 0.717) is 32.3 Å². The van der Waals surface area contributed by atoms with E-state index in [0.717, 1.165) is 16.9 Å². The summed E-state index contributed by atoms with van der Waals surface area (Å²) in [6, 6.07) is 20.6. The first kappa shape index (κ1) is 24.7. The van der Waals surface area contributed by atoms with E-state index >= 15 is 0 Å². The highest BCUT2D eigenvalue weighted by molar-refractivity contribution is 7.07. The molecule has 0 N–H and O–H groups in total. The second-order valence-electron chi connectivity index (χ2n) is 9.20. The van der Waals surface area contributed by atoms with Crippen molar-refractivity contribution < 1.29 is 13.9 Å². The lowest BCUT2D eigenvalue weighted by molar-refractivity contribution is -0.138. The Morgan fingerprint density at radius 2 is 1.84 bits per heavy atom. The molecule has 1 unspecified atom stereocenters. The SMILES string of the molecule is CCOC(=O)C1=C(c2ccccc2)N=c2s/c(=C/c3ccc(C)o3)c(=O)n2C1c1ccc(C(C)C)cc1. The van der Waals surface area contributed by atoms with Gasteiger partial charge in [-0.1, -0.05) is 79.8 Å². The zero-order valence-electron chi connectivity index (χ0n) is 21.2. The number of ether oxygens (including phenoxy) is 1. The Balaban J connectivity index is 1.81. The van der Waals surface area contributed by atoms with Gasteiger partial charge in [0.2, 0.25) is 0 Å². The van der Waals surface area contributed by atoms with Crippen LogP contribution in [0, 0.1) is 6.92 Å². The molecule has 2 aromatic heterocycles. The largest absolute Gasteiger partial charge is 0.463 e. The standard InChI is InChI=1S/C30H28N2O4S/c1-5-35-29(34)25-26(21-9-7-6-8-10-21)31-30-32(27(25)22-14-12-20(13-15-22)18(2)3)28(33)24(37-30)17-23-16-11-19(4)36-23/h6-18,27H,5H2,1-4H3/b24-17+. The number of hydrogen-bond acceptors (Lipinski definition) is 6. The van der Waals surface area contributed by atoms with Crippen molar-refractivity contribution in [2.24, 2.45) is 4.99 Å². The maximum absolute atomic E-state index is 13.8. The summed E-state index contributed by atoms with van der Waals surface area (Å²) in [7, 11) is 0. The van der Waals surface area contributed by atoms with E-state index in [4.69, 9.17) is 14.1 Å². The molecule has 1 atom stereocenters. The highest BCUT2D eigenvalue weighted by Gasteiger charge is 2.35. The quantitative estimate of drug-likeness (QED) is 0.342.